The minimum Gasteiger partial charge on any atom is -0.391 e. The third-order valence-corrected chi connectivity index (χ3v) is 6.21. The molecule has 1 aliphatic rings. The third kappa shape index (κ3) is 3.55. The Kier molecular flexibility index (Phi) is 4.81. The molecule has 0 radical (unpaired) electrons. The summed E-state index contributed by atoms with van der Waals surface area (Å²) in [6.45, 7) is 6.35. The van der Waals surface area contributed by atoms with Gasteiger partial charge in [-0.2, -0.15) is 9.57 Å². The van der Waals surface area contributed by atoms with Crippen molar-refractivity contribution in [3.05, 3.63) is 29.6 Å². The number of rotatable bonds is 2. The van der Waals surface area contributed by atoms with Gasteiger partial charge in [-0.25, -0.2) is 12.8 Å². The number of hydrogen-bond acceptors (Lipinski definition) is 4. The number of halogens is 1. The molecule has 5 nitrogen and oxygen atoms in total. The molecule has 1 fully saturated rings. The van der Waals surface area contributed by atoms with Gasteiger partial charge in [0.2, 0.25) is 10.0 Å². The van der Waals surface area contributed by atoms with Crippen LogP contribution in [0.3, 0.4) is 0 Å². The lowest BCUT2D eigenvalue weighted by Gasteiger charge is -2.41. The smallest absolute Gasteiger partial charge is 0.243 e. The van der Waals surface area contributed by atoms with E-state index in [1.165, 1.54) is 4.31 Å². The van der Waals surface area contributed by atoms with Crippen LogP contribution >= 0.6 is 0 Å². The fourth-order valence-electron chi connectivity index (χ4n) is 3.03. The number of β-amino-alcohol motifs (C(OH)–C–C–N with tert-alkyl or cyclic N) is 1. The minimum absolute atomic E-state index is 0.00351. The predicted molar refractivity (Wildman–Crippen MR) is 83.4 cm³/mol. The van der Waals surface area contributed by atoms with Gasteiger partial charge in [-0.1, -0.05) is 20.8 Å². The molecule has 2 atom stereocenters. The van der Waals surface area contributed by atoms with Gasteiger partial charge in [0.1, 0.15) is 11.9 Å². The summed E-state index contributed by atoms with van der Waals surface area (Å²) in [7, 11) is -3.86. The maximum Gasteiger partial charge on any atom is 0.243 e. The average Bonchev–Trinajstić information content (AvgIpc) is 2.46. The van der Waals surface area contributed by atoms with Crippen LogP contribution in [-0.4, -0.2) is 37.0 Å². The van der Waals surface area contributed by atoms with Gasteiger partial charge in [0, 0.05) is 13.1 Å². The van der Waals surface area contributed by atoms with E-state index in [4.69, 9.17) is 5.26 Å². The standard InChI is InChI=1S/C16H21FN2O3S/c1-16(2,3)13-6-7-19(10-15(13)20)23(21,22)12-4-5-14(17)11(8-12)9-18/h4-5,8,13,15,20H,6-7,10H2,1-3H3/t13-,15+/m1/s1. The van der Waals surface area contributed by atoms with Crippen LogP contribution < -0.4 is 0 Å². The molecule has 2 rings (SSSR count). The lowest BCUT2D eigenvalue weighted by Crippen LogP contribution is -2.49. The Morgan fingerprint density at radius 3 is 2.57 bits per heavy atom. The molecule has 1 aromatic rings. The van der Waals surface area contributed by atoms with Gasteiger partial charge in [-0.3, -0.25) is 0 Å². The molecule has 1 saturated heterocycles. The first kappa shape index (κ1) is 17.9. The van der Waals surface area contributed by atoms with E-state index in [1.54, 1.807) is 6.07 Å². The fraction of sp³-hybridized carbons (Fsp3) is 0.562. The summed E-state index contributed by atoms with van der Waals surface area (Å²) in [6.07, 6.45) is -0.203. The van der Waals surface area contributed by atoms with Crippen LogP contribution in [0.5, 0.6) is 0 Å². The predicted octanol–water partition coefficient (Wildman–Crippen LogP) is 2.11. The van der Waals surface area contributed by atoms with E-state index in [0.29, 0.717) is 13.0 Å². The van der Waals surface area contributed by atoms with Crippen LogP contribution in [0.25, 0.3) is 0 Å². The molecule has 1 aromatic carbocycles. The van der Waals surface area contributed by atoms with Crippen LogP contribution in [-0.2, 0) is 10.0 Å². The second-order valence-electron chi connectivity index (χ2n) is 6.95. The number of aliphatic hydroxyl groups is 1. The van der Waals surface area contributed by atoms with E-state index >= 15 is 0 Å². The Bertz CT molecular complexity index is 735. The highest BCUT2D eigenvalue weighted by Crippen LogP contribution is 2.36. The fourth-order valence-corrected chi connectivity index (χ4v) is 4.53. The van der Waals surface area contributed by atoms with E-state index in [0.717, 1.165) is 18.2 Å². The summed E-state index contributed by atoms with van der Waals surface area (Å²) in [5.74, 6) is -0.741. The molecule has 1 aliphatic heterocycles. The molecule has 0 saturated carbocycles. The van der Waals surface area contributed by atoms with Crippen LogP contribution in [0.2, 0.25) is 0 Å². The normalized spacial score (nSPS) is 23.5. The number of hydrogen-bond donors (Lipinski definition) is 1. The summed E-state index contributed by atoms with van der Waals surface area (Å²) >= 11 is 0. The summed E-state index contributed by atoms with van der Waals surface area (Å²) in [5, 5.41) is 19.2. The van der Waals surface area contributed by atoms with Gasteiger partial charge in [-0.05, 0) is 36.0 Å². The topological polar surface area (TPSA) is 81.4 Å². The van der Waals surface area contributed by atoms with Crippen LogP contribution in [0.4, 0.5) is 4.39 Å². The van der Waals surface area contributed by atoms with Crippen molar-refractivity contribution in [2.75, 3.05) is 13.1 Å². The van der Waals surface area contributed by atoms with Crippen LogP contribution in [0, 0.1) is 28.5 Å². The van der Waals surface area contributed by atoms with Gasteiger partial charge in [0.05, 0.1) is 16.6 Å². The number of aliphatic hydroxyl groups excluding tert-OH is 1. The molecule has 0 bridgehead atoms. The number of nitrogens with zero attached hydrogens (tertiary/aromatic N) is 2. The van der Waals surface area contributed by atoms with Gasteiger partial charge in [0.15, 0.2) is 0 Å². The molecule has 0 spiro atoms. The average molecular weight is 340 g/mol. The number of sulfonamides is 1. The number of nitriles is 1. The maximum absolute atomic E-state index is 13.4. The molecule has 7 heteroatoms. The van der Waals surface area contributed by atoms with Gasteiger partial charge in [-0.15, -0.1) is 0 Å². The van der Waals surface area contributed by atoms with Gasteiger partial charge < -0.3 is 5.11 Å². The largest absolute Gasteiger partial charge is 0.391 e. The van der Waals surface area contributed by atoms with Gasteiger partial charge >= 0.3 is 0 Å². The molecule has 126 valence electrons. The number of benzene rings is 1. The van der Waals surface area contributed by atoms with Crippen molar-refractivity contribution >= 4 is 10.0 Å². The molecule has 0 amide bonds. The van der Waals surface area contributed by atoms with Crippen LogP contribution in [0.15, 0.2) is 23.1 Å². The first-order valence-corrected chi connectivity index (χ1v) is 8.89. The molecular weight excluding hydrogens is 319 g/mol. The Morgan fingerprint density at radius 1 is 1.39 bits per heavy atom. The zero-order valence-electron chi connectivity index (χ0n) is 13.5. The summed E-state index contributed by atoms with van der Waals surface area (Å²) in [6, 6.07) is 4.80. The van der Waals surface area contributed by atoms with E-state index in [-0.39, 0.29) is 28.3 Å². The van der Waals surface area contributed by atoms with E-state index in [9.17, 15) is 17.9 Å². The zero-order valence-corrected chi connectivity index (χ0v) is 14.3. The van der Waals surface area contributed by atoms with Crippen molar-refractivity contribution in [3.8, 4) is 6.07 Å². The van der Waals surface area contributed by atoms with Crippen molar-refractivity contribution in [3.63, 3.8) is 0 Å². The second kappa shape index (κ2) is 6.19. The van der Waals surface area contributed by atoms with E-state index < -0.39 is 21.9 Å². The second-order valence-corrected chi connectivity index (χ2v) is 8.88. The molecule has 23 heavy (non-hydrogen) atoms. The third-order valence-electron chi connectivity index (χ3n) is 4.35. The van der Waals surface area contributed by atoms with Crippen molar-refractivity contribution in [1.82, 2.24) is 4.31 Å². The molecular formula is C16H21FN2O3S. The first-order chi connectivity index (χ1) is 10.6. The van der Waals surface area contributed by atoms with E-state index in [1.807, 2.05) is 20.8 Å². The summed E-state index contributed by atoms with van der Waals surface area (Å²) in [4.78, 5) is -0.128. The molecule has 1 N–H and O–H groups in total. The highest BCUT2D eigenvalue weighted by Gasteiger charge is 2.39. The Hall–Kier alpha value is -1.49. The Morgan fingerprint density at radius 2 is 2.04 bits per heavy atom. The molecule has 0 aliphatic carbocycles. The highest BCUT2D eigenvalue weighted by molar-refractivity contribution is 7.89. The molecule has 0 unspecified atom stereocenters. The zero-order chi connectivity index (χ0) is 17.4. The molecule has 1 heterocycles. The maximum atomic E-state index is 13.4. The van der Waals surface area contributed by atoms with Crippen LogP contribution in [0.1, 0.15) is 32.8 Å². The monoisotopic (exact) mass is 340 g/mol. The van der Waals surface area contributed by atoms with Crippen molar-refractivity contribution in [1.29, 1.82) is 5.26 Å². The first-order valence-electron chi connectivity index (χ1n) is 7.45. The van der Waals surface area contributed by atoms with E-state index in [2.05, 4.69) is 0 Å². The quantitative estimate of drug-likeness (QED) is 0.894. The Balaban J connectivity index is 2.27. The molecule has 0 aromatic heterocycles. The lowest BCUT2D eigenvalue weighted by molar-refractivity contribution is -0.00209. The SMILES string of the molecule is CC(C)(C)[C@@H]1CCN(S(=O)(=O)c2ccc(F)c(C#N)c2)C[C@@H]1O. The van der Waals surface area contributed by atoms with Gasteiger partial charge in [0.25, 0.3) is 0 Å². The Labute approximate surface area is 136 Å². The van der Waals surface area contributed by atoms with Crippen molar-refractivity contribution < 1.29 is 17.9 Å². The van der Waals surface area contributed by atoms with Crippen molar-refractivity contribution in [2.24, 2.45) is 11.3 Å². The summed E-state index contributed by atoms with van der Waals surface area (Å²) < 4.78 is 39.9. The van der Waals surface area contributed by atoms with Crippen molar-refractivity contribution in [2.45, 2.75) is 38.2 Å². The number of piperidine rings is 1. The highest BCUT2D eigenvalue weighted by atomic mass is 32.2. The minimum atomic E-state index is -3.86. The summed E-state index contributed by atoms with van der Waals surface area (Å²) in [5.41, 5.74) is -0.421. The lowest BCUT2D eigenvalue weighted by atomic mass is 9.74.